The van der Waals surface area contributed by atoms with Crippen LogP contribution in [0.25, 0.3) is 0 Å². The third-order valence-corrected chi connectivity index (χ3v) is 4.55. The number of piperazine rings is 1. The smallest absolute Gasteiger partial charge is 0.410 e. The molecule has 1 saturated carbocycles. The standard InChI is InChI=1S/C18H35N3O2/c1-15(14-16-6-7-16)19-8-5-9-20-10-12-21(13-11-20)17(22)23-18(2,3)4/h15-16,19H,5-14H2,1-4H3. The maximum atomic E-state index is 12.0. The number of rotatable bonds is 7. The van der Waals surface area contributed by atoms with Crippen molar-refractivity contribution in [3.05, 3.63) is 0 Å². The van der Waals surface area contributed by atoms with Crippen molar-refractivity contribution in [3.63, 3.8) is 0 Å². The van der Waals surface area contributed by atoms with Gasteiger partial charge in [-0.3, -0.25) is 4.90 Å². The van der Waals surface area contributed by atoms with Crippen LogP contribution in [0.4, 0.5) is 4.79 Å². The van der Waals surface area contributed by atoms with Gasteiger partial charge in [0.05, 0.1) is 0 Å². The largest absolute Gasteiger partial charge is 0.444 e. The Morgan fingerprint density at radius 3 is 2.43 bits per heavy atom. The van der Waals surface area contributed by atoms with Gasteiger partial charge >= 0.3 is 6.09 Å². The van der Waals surface area contributed by atoms with Gasteiger partial charge in [-0.05, 0) is 59.5 Å². The molecule has 1 amide bonds. The van der Waals surface area contributed by atoms with E-state index in [1.165, 1.54) is 25.7 Å². The van der Waals surface area contributed by atoms with Crippen LogP contribution in [0.2, 0.25) is 0 Å². The van der Waals surface area contributed by atoms with Gasteiger partial charge in [-0.1, -0.05) is 12.8 Å². The summed E-state index contributed by atoms with van der Waals surface area (Å²) in [6.07, 6.45) is 5.23. The zero-order chi connectivity index (χ0) is 16.9. The molecule has 1 atom stereocenters. The Labute approximate surface area is 141 Å². The van der Waals surface area contributed by atoms with Gasteiger partial charge in [0.2, 0.25) is 0 Å². The Morgan fingerprint density at radius 2 is 1.87 bits per heavy atom. The van der Waals surface area contributed by atoms with Gasteiger partial charge in [0, 0.05) is 32.2 Å². The van der Waals surface area contributed by atoms with Crippen molar-refractivity contribution in [2.45, 2.75) is 65.0 Å². The van der Waals surface area contributed by atoms with E-state index in [4.69, 9.17) is 4.74 Å². The van der Waals surface area contributed by atoms with E-state index in [1.807, 2.05) is 25.7 Å². The van der Waals surface area contributed by atoms with Gasteiger partial charge in [0.15, 0.2) is 0 Å². The van der Waals surface area contributed by atoms with E-state index >= 15 is 0 Å². The predicted molar refractivity (Wildman–Crippen MR) is 93.7 cm³/mol. The number of carbonyl (C=O) groups is 1. The van der Waals surface area contributed by atoms with E-state index in [2.05, 4.69) is 17.1 Å². The average molecular weight is 325 g/mol. The van der Waals surface area contributed by atoms with Crippen molar-refractivity contribution in [3.8, 4) is 0 Å². The molecule has 1 aliphatic heterocycles. The topological polar surface area (TPSA) is 44.8 Å². The van der Waals surface area contributed by atoms with Crippen LogP contribution in [0.1, 0.15) is 53.4 Å². The van der Waals surface area contributed by atoms with E-state index in [0.29, 0.717) is 6.04 Å². The highest BCUT2D eigenvalue weighted by atomic mass is 16.6. The highest BCUT2D eigenvalue weighted by Gasteiger charge is 2.26. The zero-order valence-electron chi connectivity index (χ0n) is 15.4. The summed E-state index contributed by atoms with van der Waals surface area (Å²) in [6, 6.07) is 0.659. The van der Waals surface area contributed by atoms with Crippen molar-refractivity contribution >= 4 is 6.09 Å². The summed E-state index contributed by atoms with van der Waals surface area (Å²) in [7, 11) is 0. The highest BCUT2D eigenvalue weighted by Crippen LogP contribution is 2.33. The molecule has 1 unspecified atom stereocenters. The molecule has 0 aromatic heterocycles. The minimum absolute atomic E-state index is 0.173. The fourth-order valence-corrected chi connectivity index (χ4v) is 3.07. The Kier molecular flexibility index (Phi) is 6.72. The lowest BCUT2D eigenvalue weighted by molar-refractivity contribution is 0.0144. The van der Waals surface area contributed by atoms with Crippen LogP contribution in [0.5, 0.6) is 0 Å². The molecule has 5 nitrogen and oxygen atoms in total. The summed E-state index contributed by atoms with van der Waals surface area (Å²) in [6.45, 7) is 13.7. The molecule has 2 fully saturated rings. The molecule has 1 aliphatic carbocycles. The van der Waals surface area contributed by atoms with Crippen LogP contribution in [-0.4, -0.2) is 66.8 Å². The van der Waals surface area contributed by atoms with E-state index in [0.717, 1.165) is 45.2 Å². The van der Waals surface area contributed by atoms with Crippen LogP contribution < -0.4 is 5.32 Å². The fraction of sp³-hybridized carbons (Fsp3) is 0.944. The molecular weight excluding hydrogens is 290 g/mol. The van der Waals surface area contributed by atoms with E-state index in [-0.39, 0.29) is 6.09 Å². The Hall–Kier alpha value is -0.810. The minimum Gasteiger partial charge on any atom is -0.444 e. The molecule has 2 aliphatic rings. The summed E-state index contributed by atoms with van der Waals surface area (Å²) < 4.78 is 5.43. The number of hydrogen-bond acceptors (Lipinski definition) is 4. The molecule has 23 heavy (non-hydrogen) atoms. The second-order valence-corrected chi connectivity index (χ2v) is 8.20. The molecule has 0 radical (unpaired) electrons. The van der Waals surface area contributed by atoms with Gasteiger partial charge in [0.1, 0.15) is 5.60 Å². The molecule has 1 N–H and O–H groups in total. The second kappa shape index (κ2) is 8.34. The van der Waals surface area contributed by atoms with Crippen LogP contribution in [0.15, 0.2) is 0 Å². The Morgan fingerprint density at radius 1 is 1.22 bits per heavy atom. The Bertz CT molecular complexity index is 369. The third-order valence-electron chi connectivity index (χ3n) is 4.55. The number of carbonyl (C=O) groups excluding carboxylic acids is 1. The lowest BCUT2D eigenvalue weighted by Crippen LogP contribution is -2.50. The number of ether oxygens (including phenoxy) is 1. The van der Waals surface area contributed by atoms with Gasteiger partial charge in [0.25, 0.3) is 0 Å². The predicted octanol–water partition coefficient (Wildman–Crippen LogP) is 2.71. The minimum atomic E-state index is -0.406. The number of hydrogen-bond donors (Lipinski definition) is 1. The van der Waals surface area contributed by atoms with Crippen molar-refractivity contribution in [2.75, 3.05) is 39.3 Å². The lowest BCUT2D eigenvalue weighted by Gasteiger charge is -2.35. The molecule has 0 spiro atoms. The summed E-state index contributed by atoms with van der Waals surface area (Å²) in [4.78, 5) is 16.3. The molecule has 2 rings (SSSR count). The molecular formula is C18H35N3O2. The number of nitrogens with one attached hydrogen (secondary N) is 1. The summed E-state index contributed by atoms with van der Waals surface area (Å²) in [5.41, 5.74) is -0.406. The molecule has 0 aromatic rings. The van der Waals surface area contributed by atoms with Crippen LogP contribution in [0, 0.1) is 5.92 Å². The van der Waals surface area contributed by atoms with E-state index in [9.17, 15) is 4.79 Å². The summed E-state index contributed by atoms with van der Waals surface area (Å²) >= 11 is 0. The van der Waals surface area contributed by atoms with Gasteiger partial charge in [-0.15, -0.1) is 0 Å². The normalized spacial score (nSPS) is 21.3. The van der Waals surface area contributed by atoms with Crippen LogP contribution in [0.3, 0.4) is 0 Å². The molecule has 1 heterocycles. The quantitative estimate of drug-likeness (QED) is 0.731. The zero-order valence-corrected chi connectivity index (χ0v) is 15.4. The second-order valence-electron chi connectivity index (χ2n) is 8.20. The average Bonchev–Trinajstić information content (AvgIpc) is 3.26. The first kappa shape index (κ1) is 18.5. The maximum absolute atomic E-state index is 12.0. The van der Waals surface area contributed by atoms with E-state index in [1.54, 1.807) is 0 Å². The van der Waals surface area contributed by atoms with Gasteiger partial charge in [-0.2, -0.15) is 0 Å². The summed E-state index contributed by atoms with van der Waals surface area (Å²) in [5.74, 6) is 0.999. The molecule has 5 heteroatoms. The first-order valence-electron chi connectivity index (χ1n) is 9.27. The van der Waals surface area contributed by atoms with Crippen LogP contribution in [-0.2, 0) is 4.74 Å². The third kappa shape index (κ3) is 7.53. The molecule has 134 valence electrons. The van der Waals surface area contributed by atoms with E-state index < -0.39 is 5.60 Å². The molecule has 1 saturated heterocycles. The lowest BCUT2D eigenvalue weighted by atomic mass is 10.1. The van der Waals surface area contributed by atoms with Crippen molar-refractivity contribution in [2.24, 2.45) is 5.92 Å². The number of nitrogens with zero attached hydrogens (tertiary/aromatic N) is 2. The fourth-order valence-electron chi connectivity index (χ4n) is 3.07. The number of amides is 1. The monoisotopic (exact) mass is 325 g/mol. The first-order chi connectivity index (χ1) is 10.8. The highest BCUT2D eigenvalue weighted by molar-refractivity contribution is 5.68. The van der Waals surface area contributed by atoms with Crippen LogP contribution >= 0.6 is 0 Å². The Balaban J connectivity index is 1.53. The van der Waals surface area contributed by atoms with Gasteiger partial charge < -0.3 is 15.0 Å². The van der Waals surface area contributed by atoms with Crippen molar-refractivity contribution in [1.29, 1.82) is 0 Å². The molecule has 0 aromatic carbocycles. The van der Waals surface area contributed by atoms with Crippen molar-refractivity contribution < 1.29 is 9.53 Å². The first-order valence-corrected chi connectivity index (χ1v) is 9.27. The SMILES string of the molecule is CC(CC1CC1)NCCCN1CCN(C(=O)OC(C)(C)C)CC1. The van der Waals surface area contributed by atoms with Crippen molar-refractivity contribution in [1.82, 2.24) is 15.1 Å². The van der Waals surface area contributed by atoms with Gasteiger partial charge in [-0.25, -0.2) is 4.79 Å². The maximum Gasteiger partial charge on any atom is 0.410 e. The molecule has 0 bridgehead atoms. The summed E-state index contributed by atoms with van der Waals surface area (Å²) in [5, 5.41) is 3.64.